The van der Waals surface area contributed by atoms with E-state index in [0.29, 0.717) is 29.7 Å². The van der Waals surface area contributed by atoms with Gasteiger partial charge in [-0.25, -0.2) is 4.98 Å². The van der Waals surface area contributed by atoms with Crippen LogP contribution >= 0.6 is 21.6 Å². The maximum Gasteiger partial charge on any atom is 0.244 e. The van der Waals surface area contributed by atoms with E-state index in [1.165, 1.54) is 26.4 Å². The van der Waals surface area contributed by atoms with Crippen LogP contribution in [-0.2, 0) is 62.4 Å². The molecule has 8 atom stereocenters. The van der Waals surface area contributed by atoms with E-state index < -0.39 is 106 Å². The van der Waals surface area contributed by atoms with Crippen molar-refractivity contribution in [1.29, 1.82) is 5.41 Å². The highest BCUT2D eigenvalue weighted by Gasteiger charge is 2.41. The molecular weight excluding hydrogens is 1030 g/mol. The molecule has 24 nitrogen and oxygen atoms in total. The van der Waals surface area contributed by atoms with Crippen molar-refractivity contribution in [2.24, 2.45) is 11.5 Å². The van der Waals surface area contributed by atoms with Crippen molar-refractivity contribution in [2.75, 3.05) is 12.3 Å². The molecule has 0 unspecified atom stereocenters. The molecule has 16 N–H and O–H groups in total. The largest absolute Gasteiger partial charge is 0.370 e. The van der Waals surface area contributed by atoms with Crippen LogP contribution in [0.15, 0.2) is 73.3 Å². The number of guanidine groups is 1. The van der Waals surface area contributed by atoms with Crippen LogP contribution in [0.2, 0.25) is 0 Å². The van der Waals surface area contributed by atoms with Crippen molar-refractivity contribution in [3.63, 3.8) is 0 Å². The first kappa shape index (κ1) is 60.3. The van der Waals surface area contributed by atoms with E-state index in [1.54, 1.807) is 50.4 Å². The van der Waals surface area contributed by atoms with Crippen LogP contribution in [0.4, 0.5) is 0 Å². The molecule has 1 aliphatic heterocycles. The topological polar surface area (TPSA) is 382 Å². The Morgan fingerprint density at radius 3 is 2.05 bits per heavy atom. The zero-order valence-corrected chi connectivity index (χ0v) is 45.3. The predicted octanol–water partition coefficient (Wildman–Crippen LogP) is -0.0505. The molecule has 1 aliphatic rings. The Morgan fingerprint density at radius 2 is 1.40 bits per heavy atom. The zero-order valence-electron chi connectivity index (χ0n) is 43.7. The summed E-state index contributed by atoms with van der Waals surface area (Å²) < 4.78 is -1.26. The lowest BCUT2D eigenvalue weighted by Crippen LogP contribution is -2.62. The lowest BCUT2D eigenvalue weighted by molar-refractivity contribution is -0.135. The monoisotopic (exact) mass is 1100 g/mol. The number of imidazole rings is 1. The number of para-hydroxylation sites is 1. The number of carbonyl (C=O) groups excluding carboxylic acids is 9. The van der Waals surface area contributed by atoms with Gasteiger partial charge in [0.15, 0.2) is 5.96 Å². The number of hydrogen-bond donors (Lipinski definition) is 14. The summed E-state index contributed by atoms with van der Waals surface area (Å²) in [5.74, 6) is -7.43. The number of amides is 9. The van der Waals surface area contributed by atoms with Gasteiger partial charge in [0.2, 0.25) is 53.2 Å². The predicted molar refractivity (Wildman–Crippen MR) is 293 cm³/mol. The lowest BCUT2D eigenvalue weighted by Gasteiger charge is -2.35. The molecule has 0 aliphatic carbocycles. The summed E-state index contributed by atoms with van der Waals surface area (Å²) in [7, 11) is 2.12. The summed E-state index contributed by atoms with van der Waals surface area (Å²) in [6.07, 6.45) is 5.89. The van der Waals surface area contributed by atoms with Gasteiger partial charge in [-0.15, -0.1) is 0 Å². The van der Waals surface area contributed by atoms with Crippen LogP contribution in [0, 0.1) is 5.41 Å². The summed E-state index contributed by atoms with van der Waals surface area (Å²) in [6.45, 7) is 7.97. The third-order valence-electron chi connectivity index (χ3n) is 12.6. The van der Waals surface area contributed by atoms with Crippen LogP contribution < -0.4 is 59.3 Å². The van der Waals surface area contributed by atoms with Crippen LogP contribution in [0.1, 0.15) is 83.5 Å². The molecule has 0 saturated carbocycles. The van der Waals surface area contributed by atoms with E-state index in [-0.39, 0.29) is 56.8 Å². The highest BCUT2D eigenvalue weighted by atomic mass is 33.1. The molecule has 1 fully saturated rings. The van der Waals surface area contributed by atoms with E-state index in [2.05, 4.69) is 62.8 Å². The number of nitrogens with two attached hydrogens (primary N) is 2. The molecule has 77 heavy (non-hydrogen) atoms. The Morgan fingerprint density at radius 1 is 0.779 bits per heavy atom. The molecule has 4 aromatic rings. The number of hydrogen-bond acceptors (Lipinski definition) is 13. The summed E-state index contributed by atoms with van der Waals surface area (Å²) in [4.78, 5) is 137. The zero-order chi connectivity index (χ0) is 56.2. The summed E-state index contributed by atoms with van der Waals surface area (Å²) >= 11 is 0. The molecule has 5 rings (SSSR count). The van der Waals surface area contributed by atoms with Crippen LogP contribution in [-0.4, -0.2) is 139 Å². The van der Waals surface area contributed by atoms with Crippen molar-refractivity contribution in [3.8, 4) is 0 Å². The maximum atomic E-state index is 14.7. The van der Waals surface area contributed by atoms with Crippen molar-refractivity contribution >= 4 is 91.6 Å². The number of benzene rings is 2. The molecular formula is C51H71N15O9S2. The van der Waals surface area contributed by atoms with E-state index in [0.717, 1.165) is 32.5 Å². The van der Waals surface area contributed by atoms with Gasteiger partial charge in [0.25, 0.3) is 0 Å². The van der Waals surface area contributed by atoms with Gasteiger partial charge in [-0.05, 0) is 57.2 Å². The number of aromatic nitrogens is 3. The normalized spacial score (nSPS) is 22.6. The van der Waals surface area contributed by atoms with Crippen molar-refractivity contribution < 1.29 is 43.2 Å². The molecule has 2 aromatic heterocycles. The Balaban J connectivity index is 1.59. The minimum Gasteiger partial charge on any atom is -0.370 e. The van der Waals surface area contributed by atoms with E-state index >= 15 is 0 Å². The number of nitrogens with one attached hydrogen (secondary N) is 12. The highest BCUT2D eigenvalue weighted by molar-refractivity contribution is 8.77. The molecule has 0 radical (unpaired) electrons. The molecule has 1 saturated heterocycles. The Hall–Kier alpha value is -7.61. The first-order valence-electron chi connectivity index (χ1n) is 25.3. The van der Waals surface area contributed by atoms with Crippen molar-refractivity contribution in [3.05, 3.63) is 90.1 Å². The van der Waals surface area contributed by atoms with Gasteiger partial charge >= 0.3 is 0 Å². The van der Waals surface area contributed by atoms with Gasteiger partial charge in [0.1, 0.15) is 48.3 Å². The Labute approximate surface area is 454 Å². The molecule has 26 heteroatoms. The Kier molecular flexibility index (Phi) is 22.7. The van der Waals surface area contributed by atoms with Crippen LogP contribution in [0.25, 0.3) is 10.9 Å². The quantitative estimate of drug-likeness (QED) is 0.0286. The molecule has 9 amide bonds. The standard InChI is InChI=1S/C51H71N15O9S2/c1-6-7-17-35(60-29(3)67)45(71)66-41-49(75)59-28(2)43(69)62-39(23-32-25-55-27-58-32)48(74)63-37(21-30-14-9-8-10-15-30)46(72)61-36(19-13-20-56-50(53)54)44(70)64-38(22-31-24-57-34-18-12-11-16-33(31)34)47(73)65-40(42(52)68)26-76-77-51(41,4)5/h8-12,14-16,18,24-25,27-28,35-41,57H,6-7,13,17,19-23,26H2,1-5H3,(H2,52,68)(H,55,58)(H,59,75)(H,60,67)(H,61,72)(H,62,69)(H,63,74)(H,64,70)(H,65,73)(H,66,71)(H4,53,54,56)/t28-,35+,36+,37-,38+,39+,40+,41-/m1/s1. The van der Waals surface area contributed by atoms with E-state index in [1.807, 2.05) is 31.2 Å². The second kappa shape index (κ2) is 29.1. The second-order valence-corrected chi connectivity index (χ2v) is 22.2. The number of rotatable bonds is 17. The average molecular weight is 1100 g/mol. The molecule has 0 spiro atoms. The number of fused-ring (bicyclic) bond motifs is 1. The number of carbonyl (C=O) groups is 9. The first-order valence-corrected chi connectivity index (χ1v) is 27.6. The van der Waals surface area contributed by atoms with E-state index in [4.69, 9.17) is 16.9 Å². The SMILES string of the molecule is CCCC[C@H](NC(C)=O)C(=O)N[C@@H]1C(=O)N[C@H](C)C(=O)N[C@@H](Cc2c[nH]cn2)C(=O)N[C@H](Cc2ccccc2)C(=O)N[C@@H](CCCNC(=N)N)C(=O)N[C@@H](Cc2c[nH]c3ccccc23)C(=O)N[C@H](C(N)=O)CSSC1(C)C. The second-order valence-electron chi connectivity index (χ2n) is 19.2. The van der Waals surface area contributed by atoms with Gasteiger partial charge in [-0.3, -0.25) is 48.6 Å². The summed E-state index contributed by atoms with van der Waals surface area (Å²) in [5, 5.41) is 32.9. The number of unbranched alkanes of at least 4 members (excludes halogenated alkanes) is 1. The Bertz CT molecular complexity index is 2710. The fourth-order valence-electron chi connectivity index (χ4n) is 8.37. The van der Waals surface area contributed by atoms with Crippen LogP contribution in [0.5, 0.6) is 0 Å². The highest BCUT2D eigenvalue weighted by Crippen LogP contribution is 2.39. The van der Waals surface area contributed by atoms with Gasteiger partial charge < -0.3 is 69.3 Å². The molecule has 416 valence electrons. The number of primary amides is 1. The lowest BCUT2D eigenvalue weighted by atomic mass is 10.00. The molecule has 2 aromatic carbocycles. The third kappa shape index (κ3) is 18.6. The fraction of sp³-hybridized carbons (Fsp3) is 0.471. The maximum absolute atomic E-state index is 14.7. The summed E-state index contributed by atoms with van der Waals surface area (Å²) in [5.41, 5.74) is 13.8. The van der Waals surface area contributed by atoms with Crippen LogP contribution in [0.3, 0.4) is 0 Å². The average Bonchev–Trinajstić information content (AvgIpc) is 4.06. The van der Waals surface area contributed by atoms with E-state index in [9.17, 15) is 43.2 Å². The smallest absolute Gasteiger partial charge is 0.244 e. The number of nitrogens with zero attached hydrogens (tertiary/aromatic N) is 1. The minimum absolute atomic E-state index is 0.0472. The van der Waals surface area contributed by atoms with Crippen molar-refractivity contribution in [2.45, 2.75) is 139 Å². The van der Waals surface area contributed by atoms with Crippen molar-refractivity contribution in [1.82, 2.24) is 62.8 Å². The third-order valence-corrected chi connectivity index (χ3v) is 15.9. The van der Waals surface area contributed by atoms with Gasteiger partial charge in [0, 0.05) is 66.5 Å². The minimum atomic E-state index is -1.41. The van der Waals surface area contributed by atoms with Gasteiger partial charge in [-0.2, -0.15) is 0 Å². The summed E-state index contributed by atoms with van der Waals surface area (Å²) in [6, 6.07) is 5.39. The van der Waals surface area contributed by atoms with Gasteiger partial charge in [0.05, 0.1) is 12.0 Å². The number of H-pyrrole nitrogens is 2. The fourth-order valence-corrected chi connectivity index (χ4v) is 11.2. The molecule has 0 bridgehead atoms. The molecule has 3 heterocycles. The number of aromatic amines is 2. The van der Waals surface area contributed by atoms with Gasteiger partial charge in [-0.1, -0.05) is 89.9 Å². The first-order chi connectivity index (χ1) is 36.6.